The summed E-state index contributed by atoms with van der Waals surface area (Å²) in [5.74, 6) is -2.28. The van der Waals surface area contributed by atoms with E-state index in [0.717, 1.165) is 23.8 Å². The first-order valence-corrected chi connectivity index (χ1v) is 8.61. The van der Waals surface area contributed by atoms with E-state index in [9.17, 15) is 18.4 Å². The van der Waals surface area contributed by atoms with Gasteiger partial charge in [-0.1, -0.05) is 44.2 Å². The zero-order valence-corrected chi connectivity index (χ0v) is 15.1. The third kappa shape index (κ3) is 5.22. The highest BCUT2D eigenvalue weighted by Gasteiger charge is 2.28. The molecule has 0 aliphatic rings. The molecule has 0 radical (unpaired) electrons. The quantitative estimate of drug-likeness (QED) is 0.812. The van der Waals surface area contributed by atoms with Crippen LogP contribution >= 0.6 is 0 Å². The SMILES string of the molecule is CC(C)[C@H](C(=O)[C@H](C)NC(=O)Cc1cc(F)cc(F)c1)c1ccccc1. The second-order valence-corrected chi connectivity index (χ2v) is 6.78. The van der Waals surface area contributed by atoms with Crippen molar-refractivity contribution in [2.75, 3.05) is 0 Å². The van der Waals surface area contributed by atoms with E-state index in [0.29, 0.717) is 0 Å². The molecule has 2 aromatic carbocycles. The van der Waals surface area contributed by atoms with E-state index in [1.165, 1.54) is 0 Å². The maximum Gasteiger partial charge on any atom is 0.224 e. The molecule has 1 amide bonds. The van der Waals surface area contributed by atoms with Crippen molar-refractivity contribution in [2.45, 2.75) is 39.2 Å². The molecule has 138 valence electrons. The van der Waals surface area contributed by atoms with Crippen molar-refractivity contribution in [1.29, 1.82) is 0 Å². The third-order valence-corrected chi connectivity index (χ3v) is 4.22. The topological polar surface area (TPSA) is 46.2 Å². The Hall–Kier alpha value is -2.56. The molecule has 0 spiro atoms. The molecular formula is C21H23F2NO2. The fourth-order valence-electron chi connectivity index (χ4n) is 3.07. The summed E-state index contributed by atoms with van der Waals surface area (Å²) < 4.78 is 26.5. The fraction of sp³-hybridized carbons (Fsp3) is 0.333. The average Bonchev–Trinajstić information content (AvgIpc) is 2.54. The molecular weight excluding hydrogens is 336 g/mol. The number of rotatable bonds is 7. The molecule has 0 heterocycles. The Kier molecular flexibility index (Phi) is 6.61. The number of Topliss-reactive ketones (excluding diaryl/α,β-unsaturated/α-hetero) is 1. The number of benzene rings is 2. The number of ketones is 1. The summed E-state index contributed by atoms with van der Waals surface area (Å²) in [6.45, 7) is 5.55. The minimum atomic E-state index is -0.735. The fourth-order valence-corrected chi connectivity index (χ4v) is 3.07. The van der Waals surface area contributed by atoms with Gasteiger partial charge in [-0.15, -0.1) is 0 Å². The highest BCUT2D eigenvalue weighted by atomic mass is 19.1. The number of hydrogen-bond donors (Lipinski definition) is 1. The zero-order valence-electron chi connectivity index (χ0n) is 15.1. The Morgan fingerprint density at radius 1 is 0.962 bits per heavy atom. The van der Waals surface area contributed by atoms with E-state index in [1.807, 2.05) is 44.2 Å². The first-order valence-electron chi connectivity index (χ1n) is 8.61. The molecule has 0 aliphatic heterocycles. The van der Waals surface area contributed by atoms with E-state index in [-0.39, 0.29) is 29.6 Å². The number of halogens is 2. The average molecular weight is 359 g/mol. The van der Waals surface area contributed by atoms with Crippen molar-refractivity contribution in [3.63, 3.8) is 0 Å². The highest BCUT2D eigenvalue weighted by Crippen LogP contribution is 2.26. The normalized spacial score (nSPS) is 13.3. The molecule has 0 aliphatic carbocycles. The van der Waals surface area contributed by atoms with Crippen LogP contribution in [0.15, 0.2) is 48.5 Å². The molecule has 5 heteroatoms. The van der Waals surface area contributed by atoms with E-state index in [1.54, 1.807) is 6.92 Å². The Morgan fingerprint density at radius 3 is 2.08 bits per heavy atom. The lowest BCUT2D eigenvalue weighted by atomic mass is 9.82. The highest BCUT2D eigenvalue weighted by molar-refractivity contribution is 5.93. The predicted molar refractivity (Wildman–Crippen MR) is 96.7 cm³/mol. The predicted octanol–water partition coefficient (Wildman–Crippen LogP) is 4.02. The van der Waals surface area contributed by atoms with E-state index in [2.05, 4.69) is 5.32 Å². The first-order chi connectivity index (χ1) is 12.3. The molecule has 2 aromatic rings. The molecule has 0 unspecified atom stereocenters. The van der Waals surface area contributed by atoms with Gasteiger partial charge in [0.2, 0.25) is 5.91 Å². The van der Waals surface area contributed by atoms with Crippen LogP contribution in [0.3, 0.4) is 0 Å². The van der Waals surface area contributed by atoms with Crippen LogP contribution in [0.2, 0.25) is 0 Å². The van der Waals surface area contributed by atoms with Gasteiger partial charge < -0.3 is 5.32 Å². The van der Waals surface area contributed by atoms with E-state index < -0.39 is 23.6 Å². The summed E-state index contributed by atoms with van der Waals surface area (Å²) in [6.07, 6.45) is -0.190. The van der Waals surface area contributed by atoms with Crippen LogP contribution in [0.1, 0.15) is 37.8 Å². The summed E-state index contributed by atoms with van der Waals surface area (Å²) in [7, 11) is 0. The molecule has 0 fully saturated rings. The van der Waals surface area contributed by atoms with Crippen LogP contribution in [0.5, 0.6) is 0 Å². The number of carbonyl (C=O) groups is 2. The van der Waals surface area contributed by atoms with Crippen LogP contribution in [0.25, 0.3) is 0 Å². The van der Waals surface area contributed by atoms with Crippen LogP contribution < -0.4 is 5.32 Å². The molecule has 0 bridgehead atoms. The van der Waals surface area contributed by atoms with Crippen molar-refractivity contribution >= 4 is 11.7 Å². The second-order valence-electron chi connectivity index (χ2n) is 6.78. The van der Waals surface area contributed by atoms with Crippen molar-refractivity contribution in [1.82, 2.24) is 5.32 Å². The van der Waals surface area contributed by atoms with Gasteiger partial charge in [0.15, 0.2) is 5.78 Å². The summed E-state index contributed by atoms with van der Waals surface area (Å²) in [5, 5.41) is 2.64. The summed E-state index contributed by atoms with van der Waals surface area (Å²) in [6, 6.07) is 11.7. The van der Waals surface area contributed by atoms with Crippen LogP contribution in [0, 0.1) is 17.6 Å². The van der Waals surface area contributed by atoms with Gasteiger partial charge in [-0.25, -0.2) is 8.78 Å². The Balaban J connectivity index is 2.06. The molecule has 0 aromatic heterocycles. The van der Waals surface area contributed by atoms with Crippen molar-refractivity contribution in [3.05, 3.63) is 71.3 Å². The van der Waals surface area contributed by atoms with Gasteiger partial charge in [-0.05, 0) is 36.1 Å². The van der Waals surface area contributed by atoms with Crippen LogP contribution in [-0.4, -0.2) is 17.7 Å². The van der Waals surface area contributed by atoms with Gasteiger partial charge in [0.05, 0.1) is 12.5 Å². The van der Waals surface area contributed by atoms with Gasteiger partial charge in [0.1, 0.15) is 11.6 Å². The largest absolute Gasteiger partial charge is 0.346 e. The summed E-state index contributed by atoms with van der Waals surface area (Å²) >= 11 is 0. The van der Waals surface area contributed by atoms with E-state index >= 15 is 0 Å². The molecule has 1 N–H and O–H groups in total. The van der Waals surface area contributed by atoms with Crippen molar-refractivity contribution < 1.29 is 18.4 Å². The third-order valence-electron chi connectivity index (χ3n) is 4.22. The molecule has 0 saturated carbocycles. The smallest absolute Gasteiger partial charge is 0.224 e. The molecule has 3 nitrogen and oxygen atoms in total. The summed E-state index contributed by atoms with van der Waals surface area (Å²) in [5.41, 5.74) is 1.13. The molecule has 2 rings (SSSR count). The van der Waals surface area contributed by atoms with Crippen molar-refractivity contribution in [3.8, 4) is 0 Å². The number of amides is 1. The van der Waals surface area contributed by atoms with Gasteiger partial charge in [0, 0.05) is 12.0 Å². The maximum atomic E-state index is 13.2. The number of carbonyl (C=O) groups excluding carboxylic acids is 2. The van der Waals surface area contributed by atoms with Gasteiger partial charge in [-0.3, -0.25) is 9.59 Å². The molecule has 2 atom stereocenters. The maximum absolute atomic E-state index is 13.2. The standard InChI is InChI=1S/C21H23F2NO2/c1-13(2)20(16-7-5-4-6-8-16)21(26)14(3)24-19(25)11-15-9-17(22)12-18(23)10-15/h4-10,12-14,20H,11H2,1-3H3,(H,24,25)/t14-,20-/m0/s1. The monoisotopic (exact) mass is 359 g/mol. The Bertz CT molecular complexity index is 755. The van der Waals surface area contributed by atoms with Gasteiger partial charge in [-0.2, -0.15) is 0 Å². The Labute approximate surface area is 152 Å². The zero-order chi connectivity index (χ0) is 19.3. The van der Waals surface area contributed by atoms with Crippen LogP contribution in [0.4, 0.5) is 8.78 Å². The molecule has 26 heavy (non-hydrogen) atoms. The lowest BCUT2D eigenvalue weighted by molar-refractivity contribution is -0.128. The minimum absolute atomic E-state index is 0.0709. The van der Waals surface area contributed by atoms with Gasteiger partial charge in [0.25, 0.3) is 0 Å². The summed E-state index contributed by atoms with van der Waals surface area (Å²) in [4.78, 5) is 25.0. The number of nitrogens with one attached hydrogen (secondary N) is 1. The lowest BCUT2D eigenvalue weighted by Gasteiger charge is -2.24. The number of hydrogen-bond acceptors (Lipinski definition) is 2. The first kappa shape index (κ1) is 19.8. The van der Waals surface area contributed by atoms with Crippen LogP contribution in [-0.2, 0) is 16.0 Å². The van der Waals surface area contributed by atoms with Crippen molar-refractivity contribution in [2.24, 2.45) is 5.92 Å². The Morgan fingerprint density at radius 2 is 1.54 bits per heavy atom. The van der Waals surface area contributed by atoms with E-state index in [4.69, 9.17) is 0 Å². The second kappa shape index (κ2) is 8.70. The minimum Gasteiger partial charge on any atom is -0.346 e. The lowest BCUT2D eigenvalue weighted by Crippen LogP contribution is -2.42. The molecule has 0 saturated heterocycles. The van der Waals surface area contributed by atoms with Gasteiger partial charge >= 0.3 is 0 Å².